The fourth-order valence-corrected chi connectivity index (χ4v) is 3.11. The van der Waals surface area contributed by atoms with Gasteiger partial charge in [0.15, 0.2) is 0 Å². The molecule has 112 valence electrons. The third-order valence-corrected chi connectivity index (χ3v) is 4.37. The topological polar surface area (TPSA) is 68.4 Å². The van der Waals surface area contributed by atoms with E-state index in [0.29, 0.717) is 12.5 Å². The first-order valence-corrected chi connectivity index (χ1v) is 7.44. The summed E-state index contributed by atoms with van der Waals surface area (Å²) >= 11 is 0. The number of amides is 2. The van der Waals surface area contributed by atoms with Gasteiger partial charge in [-0.1, -0.05) is 6.92 Å². The third-order valence-electron chi connectivity index (χ3n) is 4.37. The van der Waals surface area contributed by atoms with Gasteiger partial charge in [0.25, 0.3) is 0 Å². The summed E-state index contributed by atoms with van der Waals surface area (Å²) in [6, 6.07) is 7.55. The molecular formula is C16H21N3O2. The molecule has 5 nitrogen and oxygen atoms in total. The zero-order valence-electron chi connectivity index (χ0n) is 12.2. The first kappa shape index (κ1) is 13.9. The van der Waals surface area contributed by atoms with Crippen LogP contribution >= 0.6 is 0 Å². The lowest BCUT2D eigenvalue weighted by Gasteiger charge is -2.38. The van der Waals surface area contributed by atoms with Crippen molar-refractivity contribution in [3.8, 4) is 0 Å². The molecule has 3 N–H and O–H groups in total. The van der Waals surface area contributed by atoms with Crippen LogP contribution in [0.5, 0.6) is 0 Å². The van der Waals surface area contributed by atoms with Gasteiger partial charge in [0.2, 0.25) is 0 Å². The lowest BCUT2D eigenvalue weighted by Crippen LogP contribution is -2.51. The fraction of sp³-hybridized carbons (Fsp3) is 0.438. The molecule has 1 aromatic carbocycles. The average Bonchev–Trinajstić information content (AvgIpc) is 2.94. The number of aliphatic hydroxyl groups is 1. The van der Waals surface area contributed by atoms with Crippen molar-refractivity contribution in [2.24, 2.45) is 5.92 Å². The largest absolute Gasteiger partial charge is 0.394 e. The lowest BCUT2D eigenvalue weighted by atomic mass is 9.91. The normalized spacial score (nSPS) is 22.5. The first-order chi connectivity index (χ1) is 10.2. The van der Waals surface area contributed by atoms with Crippen LogP contribution in [0, 0.1) is 5.92 Å². The molecule has 1 aliphatic heterocycles. The number of hydrogen-bond acceptors (Lipinski definition) is 2. The number of hydrogen-bond donors (Lipinski definition) is 3. The van der Waals surface area contributed by atoms with Crippen molar-refractivity contribution in [3.63, 3.8) is 0 Å². The van der Waals surface area contributed by atoms with Crippen molar-refractivity contribution >= 4 is 22.6 Å². The van der Waals surface area contributed by atoms with Crippen molar-refractivity contribution in [2.75, 3.05) is 18.5 Å². The van der Waals surface area contributed by atoms with E-state index in [9.17, 15) is 9.90 Å². The van der Waals surface area contributed by atoms with E-state index in [0.717, 1.165) is 29.4 Å². The van der Waals surface area contributed by atoms with Crippen molar-refractivity contribution in [2.45, 2.75) is 25.8 Å². The molecule has 2 amide bonds. The molecule has 2 atom stereocenters. The number of fused-ring (bicyclic) bond motifs is 1. The maximum atomic E-state index is 12.5. The molecule has 1 aliphatic rings. The number of anilines is 1. The Morgan fingerprint density at radius 3 is 3.14 bits per heavy atom. The Morgan fingerprint density at radius 1 is 1.48 bits per heavy atom. The molecule has 3 rings (SSSR count). The van der Waals surface area contributed by atoms with Gasteiger partial charge in [-0.3, -0.25) is 0 Å². The monoisotopic (exact) mass is 287 g/mol. The van der Waals surface area contributed by atoms with Gasteiger partial charge in [0.05, 0.1) is 12.6 Å². The van der Waals surface area contributed by atoms with Crippen LogP contribution in [0.2, 0.25) is 0 Å². The van der Waals surface area contributed by atoms with E-state index in [4.69, 9.17) is 0 Å². The predicted molar refractivity (Wildman–Crippen MR) is 83.3 cm³/mol. The molecule has 0 saturated carbocycles. The van der Waals surface area contributed by atoms with E-state index in [-0.39, 0.29) is 18.7 Å². The average molecular weight is 287 g/mol. The number of nitrogens with one attached hydrogen (secondary N) is 2. The summed E-state index contributed by atoms with van der Waals surface area (Å²) < 4.78 is 0. The smallest absolute Gasteiger partial charge is 0.322 e. The molecule has 0 spiro atoms. The Kier molecular flexibility index (Phi) is 3.84. The minimum Gasteiger partial charge on any atom is -0.394 e. The number of likely N-dealkylation sites (tertiary alicyclic amines) is 1. The lowest BCUT2D eigenvalue weighted by molar-refractivity contribution is 0.0811. The number of carbonyl (C=O) groups excluding carboxylic acids is 1. The summed E-state index contributed by atoms with van der Waals surface area (Å²) in [4.78, 5) is 17.3. The van der Waals surface area contributed by atoms with Gasteiger partial charge in [-0.15, -0.1) is 0 Å². The second-order valence-corrected chi connectivity index (χ2v) is 5.77. The Labute approximate surface area is 124 Å². The summed E-state index contributed by atoms with van der Waals surface area (Å²) in [5.74, 6) is 0.335. The molecule has 0 bridgehead atoms. The Bertz CT molecular complexity index is 637. The summed E-state index contributed by atoms with van der Waals surface area (Å²) in [6.45, 7) is 2.81. The Balaban J connectivity index is 1.75. The van der Waals surface area contributed by atoms with Gasteiger partial charge in [0, 0.05) is 29.3 Å². The molecule has 1 saturated heterocycles. The molecule has 2 aromatic rings. The standard InChI is InChI=1S/C16H21N3O2/c1-11-3-2-8-19(15(11)10-20)16(21)18-13-4-5-14-12(9-13)6-7-17-14/h4-7,9,11,15,17,20H,2-3,8,10H2,1H3,(H,18,21). The van der Waals surface area contributed by atoms with E-state index in [1.54, 1.807) is 4.90 Å². The minimum atomic E-state index is -0.129. The first-order valence-electron chi connectivity index (χ1n) is 7.44. The van der Waals surface area contributed by atoms with Crippen molar-refractivity contribution in [1.82, 2.24) is 9.88 Å². The molecule has 0 aliphatic carbocycles. The quantitative estimate of drug-likeness (QED) is 0.795. The van der Waals surface area contributed by atoms with Crippen LogP contribution in [-0.2, 0) is 0 Å². The van der Waals surface area contributed by atoms with Crippen LogP contribution in [0.3, 0.4) is 0 Å². The molecule has 2 unspecified atom stereocenters. The second-order valence-electron chi connectivity index (χ2n) is 5.77. The number of urea groups is 1. The van der Waals surface area contributed by atoms with E-state index in [2.05, 4.69) is 17.2 Å². The molecule has 2 heterocycles. The van der Waals surface area contributed by atoms with E-state index >= 15 is 0 Å². The number of aromatic nitrogens is 1. The van der Waals surface area contributed by atoms with Gasteiger partial charge < -0.3 is 20.3 Å². The van der Waals surface area contributed by atoms with Crippen LogP contribution in [0.25, 0.3) is 10.9 Å². The number of nitrogens with zero attached hydrogens (tertiary/aromatic N) is 1. The highest BCUT2D eigenvalue weighted by atomic mass is 16.3. The van der Waals surface area contributed by atoms with Crippen molar-refractivity contribution < 1.29 is 9.90 Å². The number of aliphatic hydroxyl groups excluding tert-OH is 1. The number of H-pyrrole nitrogens is 1. The minimum absolute atomic E-state index is 0.0193. The van der Waals surface area contributed by atoms with Crippen LogP contribution in [-0.4, -0.2) is 40.2 Å². The number of rotatable bonds is 2. The number of benzene rings is 1. The number of piperidine rings is 1. The summed E-state index contributed by atoms with van der Waals surface area (Å²) in [6.07, 6.45) is 3.93. The molecule has 1 fully saturated rings. The van der Waals surface area contributed by atoms with E-state index in [1.165, 1.54) is 0 Å². The molecule has 21 heavy (non-hydrogen) atoms. The third kappa shape index (κ3) is 2.74. The predicted octanol–water partition coefficient (Wildman–Crippen LogP) is 2.79. The van der Waals surface area contributed by atoms with Crippen molar-refractivity contribution in [1.29, 1.82) is 0 Å². The summed E-state index contributed by atoms with van der Waals surface area (Å²) in [5, 5.41) is 13.5. The van der Waals surface area contributed by atoms with Crippen molar-refractivity contribution in [3.05, 3.63) is 30.5 Å². The van der Waals surface area contributed by atoms with E-state index < -0.39 is 0 Å². The van der Waals surface area contributed by atoms with Crippen LogP contribution in [0.1, 0.15) is 19.8 Å². The Hall–Kier alpha value is -2.01. The fourth-order valence-electron chi connectivity index (χ4n) is 3.11. The number of aromatic amines is 1. The highest BCUT2D eigenvalue weighted by Gasteiger charge is 2.31. The van der Waals surface area contributed by atoms with Gasteiger partial charge >= 0.3 is 6.03 Å². The van der Waals surface area contributed by atoms with Crippen LogP contribution in [0.15, 0.2) is 30.5 Å². The maximum absolute atomic E-state index is 12.5. The summed E-state index contributed by atoms with van der Waals surface area (Å²) in [5.41, 5.74) is 1.83. The van der Waals surface area contributed by atoms with Crippen LogP contribution in [0.4, 0.5) is 10.5 Å². The molecule has 5 heteroatoms. The van der Waals surface area contributed by atoms with Gasteiger partial charge in [0.1, 0.15) is 0 Å². The zero-order chi connectivity index (χ0) is 14.8. The maximum Gasteiger partial charge on any atom is 0.322 e. The molecule has 0 radical (unpaired) electrons. The molecule has 1 aromatic heterocycles. The van der Waals surface area contributed by atoms with Gasteiger partial charge in [-0.25, -0.2) is 4.79 Å². The highest BCUT2D eigenvalue weighted by molar-refractivity contribution is 5.93. The highest BCUT2D eigenvalue weighted by Crippen LogP contribution is 2.24. The zero-order valence-corrected chi connectivity index (χ0v) is 12.2. The van der Waals surface area contributed by atoms with Crippen LogP contribution < -0.4 is 5.32 Å². The second kappa shape index (κ2) is 5.77. The molecular weight excluding hydrogens is 266 g/mol. The van der Waals surface area contributed by atoms with Gasteiger partial charge in [-0.2, -0.15) is 0 Å². The SMILES string of the molecule is CC1CCCN(C(=O)Nc2ccc3[nH]ccc3c2)C1CO. The van der Waals surface area contributed by atoms with E-state index in [1.807, 2.05) is 30.5 Å². The summed E-state index contributed by atoms with van der Waals surface area (Å²) in [7, 11) is 0. The Morgan fingerprint density at radius 2 is 2.33 bits per heavy atom. The number of carbonyl (C=O) groups is 1. The van der Waals surface area contributed by atoms with Gasteiger partial charge in [-0.05, 0) is 43.0 Å².